The van der Waals surface area contributed by atoms with Crippen LogP contribution in [0.2, 0.25) is 0 Å². The van der Waals surface area contributed by atoms with Crippen molar-refractivity contribution in [3.8, 4) is 11.3 Å². The first-order valence-electron chi connectivity index (χ1n) is 10.2. The van der Waals surface area contributed by atoms with Gasteiger partial charge in [0, 0.05) is 22.0 Å². The van der Waals surface area contributed by atoms with Gasteiger partial charge in [0.05, 0.1) is 30.1 Å². The van der Waals surface area contributed by atoms with E-state index < -0.39 is 6.04 Å². The maximum atomic E-state index is 13.1. The van der Waals surface area contributed by atoms with Gasteiger partial charge in [-0.1, -0.05) is 60.7 Å². The lowest BCUT2D eigenvalue weighted by atomic mass is 9.99. The molecule has 0 saturated heterocycles. The predicted octanol–water partition coefficient (Wildman–Crippen LogP) is 3.38. The van der Waals surface area contributed by atoms with Crippen LogP contribution in [-0.2, 0) is 0 Å². The summed E-state index contributed by atoms with van der Waals surface area (Å²) in [7, 11) is 0. The van der Waals surface area contributed by atoms with Crippen molar-refractivity contribution in [1.29, 1.82) is 0 Å². The van der Waals surface area contributed by atoms with Crippen molar-refractivity contribution in [2.75, 3.05) is 6.61 Å². The van der Waals surface area contributed by atoms with Gasteiger partial charge in [-0.2, -0.15) is 5.10 Å². The minimum atomic E-state index is -0.560. The van der Waals surface area contributed by atoms with E-state index in [9.17, 15) is 14.7 Å². The fourth-order valence-corrected chi connectivity index (χ4v) is 4.01. The largest absolute Gasteiger partial charge is 0.394 e. The standard InChI is InChI=1S/C25H20N4O3/c30-14-21(15-7-3-1-4-8-15)28-24(31)17-11-18-22-19(13-26-29-25(18)32)23(27-20(22)12-17)16-9-5-2-6-10-16/h1-13,21,27,30H,14H2,(H,28,31)(H,29,32)/t21-/m0/s1. The molecule has 2 heterocycles. The molecule has 1 aliphatic rings. The molecule has 1 aliphatic heterocycles. The maximum absolute atomic E-state index is 13.1. The van der Waals surface area contributed by atoms with Crippen molar-refractivity contribution < 1.29 is 14.7 Å². The van der Waals surface area contributed by atoms with E-state index in [2.05, 4.69) is 20.8 Å². The first-order valence-corrected chi connectivity index (χ1v) is 10.2. The number of aromatic nitrogens is 1. The minimum absolute atomic E-state index is 0.246. The fourth-order valence-electron chi connectivity index (χ4n) is 4.01. The van der Waals surface area contributed by atoms with Gasteiger partial charge >= 0.3 is 0 Å². The first kappa shape index (κ1) is 19.7. The Morgan fingerprint density at radius 1 is 1.03 bits per heavy atom. The number of hydrogen-bond donors (Lipinski definition) is 4. The Bertz CT molecular complexity index is 1340. The maximum Gasteiger partial charge on any atom is 0.272 e. The van der Waals surface area contributed by atoms with Crippen LogP contribution in [0.15, 0.2) is 77.9 Å². The number of nitrogens with zero attached hydrogens (tertiary/aromatic N) is 1. The van der Waals surface area contributed by atoms with E-state index in [0.29, 0.717) is 22.0 Å². The molecule has 4 aromatic rings. The van der Waals surface area contributed by atoms with E-state index in [0.717, 1.165) is 22.4 Å². The molecular weight excluding hydrogens is 404 g/mol. The molecular formula is C25H20N4O3. The topological polar surface area (TPSA) is 107 Å². The zero-order valence-corrected chi connectivity index (χ0v) is 17.0. The van der Waals surface area contributed by atoms with Gasteiger partial charge in [0.2, 0.25) is 0 Å². The zero-order valence-electron chi connectivity index (χ0n) is 17.0. The number of aromatic amines is 1. The van der Waals surface area contributed by atoms with Crippen LogP contribution in [0.4, 0.5) is 0 Å². The Balaban J connectivity index is 1.59. The molecule has 0 aliphatic carbocycles. The van der Waals surface area contributed by atoms with Crippen LogP contribution in [0.3, 0.4) is 0 Å². The highest BCUT2D eigenvalue weighted by Crippen LogP contribution is 2.33. The molecule has 0 bridgehead atoms. The summed E-state index contributed by atoms with van der Waals surface area (Å²) in [6.45, 7) is -0.246. The molecule has 7 heteroatoms. The van der Waals surface area contributed by atoms with Gasteiger partial charge < -0.3 is 15.4 Å². The van der Waals surface area contributed by atoms with Crippen LogP contribution in [-0.4, -0.2) is 34.7 Å². The van der Waals surface area contributed by atoms with Gasteiger partial charge in [-0.15, -0.1) is 0 Å². The smallest absolute Gasteiger partial charge is 0.272 e. The minimum Gasteiger partial charge on any atom is -0.394 e. The quantitative estimate of drug-likeness (QED) is 0.395. The fraction of sp³-hybridized carbons (Fsp3) is 0.0800. The highest BCUT2D eigenvalue weighted by molar-refractivity contribution is 6.18. The van der Waals surface area contributed by atoms with Crippen molar-refractivity contribution in [2.24, 2.45) is 5.10 Å². The number of aliphatic hydroxyl groups is 1. The Morgan fingerprint density at radius 2 is 1.75 bits per heavy atom. The van der Waals surface area contributed by atoms with Crippen LogP contribution in [0, 0.1) is 0 Å². The number of carbonyl (C=O) groups excluding carboxylic acids is 2. The molecule has 32 heavy (non-hydrogen) atoms. The summed E-state index contributed by atoms with van der Waals surface area (Å²) >= 11 is 0. The van der Waals surface area contributed by atoms with Gasteiger partial charge in [0.25, 0.3) is 11.8 Å². The predicted molar refractivity (Wildman–Crippen MR) is 123 cm³/mol. The van der Waals surface area contributed by atoms with Gasteiger partial charge in [-0.05, 0) is 23.3 Å². The molecule has 5 rings (SSSR count). The van der Waals surface area contributed by atoms with Crippen molar-refractivity contribution in [1.82, 2.24) is 15.7 Å². The average molecular weight is 424 g/mol. The van der Waals surface area contributed by atoms with E-state index >= 15 is 0 Å². The number of hydrazone groups is 1. The van der Waals surface area contributed by atoms with E-state index in [-0.39, 0.29) is 18.4 Å². The molecule has 0 fully saturated rings. The van der Waals surface area contributed by atoms with Crippen molar-refractivity contribution >= 4 is 28.9 Å². The van der Waals surface area contributed by atoms with Gasteiger partial charge in [-0.3, -0.25) is 9.59 Å². The van der Waals surface area contributed by atoms with Crippen LogP contribution < -0.4 is 10.7 Å². The Labute approximate surface area is 183 Å². The zero-order chi connectivity index (χ0) is 22.1. The molecule has 1 aromatic heterocycles. The second-order valence-electron chi connectivity index (χ2n) is 7.54. The Kier molecular flexibility index (Phi) is 5.01. The third-order valence-corrected chi connectivity index (χ3v) is 5.56. The monoisotopic (exact) mass is 424 g/mol. The number of carbonyl (C=O) groups is 2. The summed E-state index contributed by atoms with van der Waals surface area (Å²) in [5.41, 5.74) is 7.17. The molecule has 0 saturated carbocycles. The Hall–Kier alpha value is -4.23. The number of hydrogen-bond acceptors (Lipinski definition) is 4. The highest BCUT2D eigenvalue weighted by Gasteiger charge is 2.24. The van der Waals surface area contributed by atoms with Crippen molar-refractivity contribution in [2.45, 2.75) is 6.04 Å². The second kappa shape index (κ2) is 8.13. The van der Waals surface area contributed by atoms with Crippen molar-refractivity contribution in [3.05, 3.63) is 95.1 Å². The van der Waals surface area contributed by atoms with E-state index in [1.54, 1.807) is 18.3 Å². The van der Waals surface area contributed by atoms with E-state index in [1.807, 2.05) is 60.7 Å². The average Bonchev–Trinajstić information content (AvgIpc) is 3.12. The van der Waals surface area contributed by atoms with E-state index in [4.69, 9.17) is 0 Å². The van der Waals surface area contributed by atoms with Crippen LogP contribution in [0.5, 0.6) is 0 Å². The Morgan fingerprint density at radius 3 is 2.47 bits per heavy atom. The number of H-pyrrole nitrogens is 1. The first-order chi connectivity index (χ1) is 15.7. The molecule has 3 aromatic carbocycles. The molecule has 7 nitrogen and oxygen atoms in total. The lowest BCUT2D eigenvalue weighted by Gasteiger charge is -2.17. The number of benzene rings is 3. The summed E-state index contributed by atoms with van der Waals surface area (Å²) in [5, 5.41) is 17.4. The summed E-state index contributed by atoms with van der Waals surface area (Å²) in [5.74, 6) is -0.776. The summed E-state index contributed by atoms with van der Waals surface area (Å²) in [6.07, 6.45) is 1.62. The summed E-state index contributed by atoms with van der Waals surface area (Å²) in [4.78, 5) is 29.1. The highest BCUT2D eigenvalue weighted by atomic mass is 16.3. The number of aliphatic hydroxyl groups excluding tert-OH is 1. The van der Waals surface area contributed by atoms with Crippen LogP contribution in [0.25, 0.3) is 22.2 Å². The molecule has 0 unspecified atom stereocenters. The lowest BCUT2D eigenvalue weighted by Crippen LogP contribution is -2.31. The van der Waals surface area contributed by atoms with Crippen molar-refractivity contribution in [3.63, 3.8) is 0 Å². The molecule has 0 radical (unpaired) electrons. The molecule has 0 spiro atoms. The molecule has 4 N–H and O–H groups in total. The number of rotatable bonds is 5. The third kappa shape index (κ3) is 3.44. The van der Waals surface area contributed by atoms with Crippen LogP contribution >= 0.6 is 0 Å². The normalized spacial score (nSPS) is 13.5. The van der Waals surface area contributed by atoms with E-state index in [1.165, 1.54) is 0 Å². The van der Waals surface area contributed by atoms with Gasteiger partial charge in [0.1, 0.15) is 0 Å². The number of amides is 2. The molecule has 1 atom stereocenters. The lowest BCUT2D eigenvalue weighted by molar-refractivity contribution is 0.0916. The molecule has 2 amide bonds. The SMILES string of the molecule is O=C(N[C@@H](CO)c1ccccc1)c1cc2c3c(c(-c4ccccc4)[nH]c3c1)C=NNC2=O. The second-order valence-corrected chi connectivity index (χ2v) is 7.54. The summed E-state index contributed by atoms with van der Waals surface area (Å²) < 4.78 is 0. The van der Waals surface area contributed by atoms with Crippen LogP contribution in [0.1, 0.15) is 37.9 Å². The molecule has 158 valence electrons. The number of nitrogens with one attached hydrogen (secondary N) is 3. The third-order valence-electron chi connectivity index (χ3n) is 5.56. The van der Waals surface area contributed by atoms with Gasteiger partial charge in [0.15, 0.2) is 0 Å². The van der Waals surface area contributed by atoms with Gasteiger partial charge in [-0.25, -0.2) is 5.43 Å². The summed E-state index contributed by atoms with van der Waals surface area (Å²) in [6, 6.07) is 21.7.